The molecular weight excluding hydrogens is 200 g/mol. The van der Waals surface area contributed by atoms with Crippen molar-refractivity contribution in [3.05, 3.63) is 16.9 Å². The van der Waals surface area contributed by atoms with Crippen molar-refractivity contribution in [1.82, 2.24) is 10.4 Å². The normalized spacial score (nSPS) is 23.5. The molecule has 0 aromatic carbocycles. The molecule has 1 N–H and O–H groups in total. The van der Waals surface area contributed by atoms with Gasteiger partial charge in [-0.05, 0) is 46.2 Å². The van der Waals surface area contributed by atoms with Crippen molar-refractivity contribution in [2.24, 2.45) is 0 Å². The molecule has 0 atom stereocenters. The summed E-state index contributed by atoms with van der Waals surface area (Å²) in [5.74, 6) is 0. The Balaban J connectivity index is 2.59. The predicted molar refractivity (Wildman–Crippen MR) is 69.2 cm³/mol. The zero-order valence-corrected chi connectivity index (χ0v) is 11.3. The smallest absolute Gasteiger partial charge is 0.0267 e. The third-order valence-electron chi connectivity index (χ3n) is 3.37. The van der Waals surface area contributed by atoms with E-state index >= 15 is 0 Å². The topological polar surface area (TPSA) is 38.3 Å². The van der Waals surface area contributed by atoms with Gasteiger partial charge in [0.05, 0.1) is 0 Å². The molecule has 0 saturated heterocycles. The quantitative estimate of drug-likeness (QED) is 0.577. The second-order valence-electron chi connectivity index (χ2n) is 5.71. The maximum Gasteiger partial charge on any atom is 0.0267 e. The van der Waals surface area contributed by atoms with Crippen molar-refractivity contribution in [2.45, 2.75) is 58.5 Å². The fraction of sp³-hybridized carbons (Fsp3) is 0.846. The number of nitrogens with zero attached hydrogens (tertiary/aromatic N) is 1. The molecule has 0 aromatic heterocycles. The fourth-order valence-electron chi connectivity index (χ4n) is 2.30. The molecule has 0 aliphatic carbocycles. The Bertz CT molecular complexity index is 269. The number of rotatable bonds is 5. The van der Waals surface area contributed by atoms with Gasteiger partial charge in [0.2, 0.25) is 0 Å². The van der Waals surface area contributed by atoms with E-state index in [1.807, 2.05) is 27.7 Å². The maximum atomic E-state index is 12.1. The van der Waals surface area contributed by atoms with Crippen LogP contribution in [-0.4, -0.2) is 29.2 Å². The van der Waals surface area contributed by atoms with Crippen LogP contribution in [0.5, 0.6) is 0 Å². The molecule has 94 valence electrons. The summed E-state index contributed by atoms with van der Waals surface area (Å²) in [6.07, 6.45) is 4.51. The van der Waals surface area contributed by atoms with Crippen LogP contribution in [0.1, 0.15) is 47.5 Å². The minimum atomic E-state index is -0.372. The highest BCUT2D eigenvalue weighted by atomic mass is 16.5. The van der Waals surface area contributed by atoms with Crippen molar-refractivity contribution in [1.29, 1.82) is 0 Å². The van der Waals surface area contributed by atoms with Gasteiger partial charge in [-0.1, -0.05) is 19.4 Å². The van der Waals surface area contributed by atoms with Crippen LogP contribution in [0.15, 0.2) is 11.6 Å². The van der Waals surface area contributed by atoms with E-state index in [1.54, 1.807) is 0 Å². The third kappa shape index (κ3) is 2.65. The van der Waals surface area contributed by atoms with E-state index in [1.165, 1.54) is 23.5 Å². The van der Waals surface area contributed by atoms with E-state index in [2.05, 4.69) is 18.3 Å². The second kappa shape index (κ2) is 4.86. The van der Waals surface area contributed by atoms with Crippen molar-refractivity contribution in [3.8, 4) is 0 Å². The van der Waals surface area contributed by atoms with Gasteiger partial charge in [-0.15, -0.1) is 0 Å². The van der Waals surface area contributed by atoms with Crippen LogP contribution >= 0.6 is 0 Å². The lowest BCUT2D eigenvalue weighted by molar-refractivity contribution is 0.157. The Kier molecular flexibility index (Phi) is 4.16. The lowest BCUT2D eigenvalue weighted by Crippen LogP contribution is -2.47. The molecule has 0 amide bonds. The molecule has 16 heavy (non-hydrogen) atoms. The van der Waals surface area contributed by atoms with Crippen LogP contribution in [0, 0.1) is 5.21 Å². The van der Waals surface area contributed by atoms with E-state index in [0.717, 1.165) is 13.1 Å². The highest BCUT2D eigenvalue weighted by Crippen LogP contribution is 2.38. The van der Waals surface area contributed by atoms with E-state index in [9.17, 15) is 5.21 Å². The first-order valence-corrected chi connectivity index (χ1v) is 6.22. The van der Waals surface area contributed by atoms with E-state index < -0.39 is 0 Å². The summed E-state index contributed by atoms with van der Waals surface area (Å²) in [6.45, 7) is 12.0. The van der Waals surface area contributed by atoms with Crippen LogP contribution in [0.3, 0.4) is 0 Å². The van der Waals surface area contributed by atoms with E-state index in [-0.39, 0.29) is 11.1 Å². The van der Waals surface area contributed by atoms with Gasteiger partial charge in [0.1, 0.15) is 0 Å². The molecule has 1 aliphatic heterocycles. The van der Waals surface area contributed by atoms with Gasteiger partial charge in [-0.2, -0.15) is 0 Å². The molecule has 0 spiro atoms. The number of nitrogens with one attached hydrogen (secondary N) is 1. The summed E-state index contributed by atoms with van der Waals surface area (Å²) >= 11 is 0. The third-order valence-corrected chi connectivity index (χ3v) is 3.37. The Hall–Kier alpha value is -0.380. The Morgan fingerprint density at radius 2 is 1.94 bits per heavy atom. The van der Waals surface area contributed by atoms with Crippen LogP contribution in [-0.2, 0) is 0 Å². The molecule has 0 saturated carbocycles. The Morgan fingerprint density at radius 3 is 2.38 bits per heavy atom. The summed E-state index contributed by atoms with van der Waals surface area (Å²) < 4.78 is 0. The first-order valence-electron chi connectivity index (χ1n) is 6.22. The molecule has 1 aliphatic rings. The monoisotopic (exact) mass is 225 g/mol. The molecule has 0 unspecified atom stereocenters. The standard InChI is InChI=1S/C13H25N2O/c1-6-7-8-14-10-11-9-12(2,3)15(16)13(11,4)5/h9,14H,6-8,10H2,1-5H3/q-1. The summed E-state index contributed by atoms with van der Waals surface area (Å²) in [6, 6.07) is 0. The second-order valence-corrected chi connectivity index (χ2v) is 5.71. The minimum Gasteiger partial charge on any atom is -0.784 e. The largest absolute Gasteiger partial charge is 0.784 e. The Morgan fingerprint density at radius 1 is 1.31 bits per heavy atom. The Labute approximate surface area is 99.5 Å². The molecule has 3 nitrogen and oxygen atoms in total. The molecule has 3 heteroatoms. The summed E-state index contributed by atoms with van der Waals surface area (Å²) in [7, 11) is 0. The summed E-state index contributed by atoms with van der Waals surface area (Å²) in [4.78, 5) is 0. The van der Waals surface area contributed by atoms with E-state index in [4.69, 9.17) is 0 Å². The molecule has 0 radical (unpaired) electrons. The van der Waals surface area contributed by atoms with Crippen molar-refractivity contribution in [3.63, 3.8) is 0 Å². The highest BCUT2D eigenvalue weighted by molar-refractivity contribution is 5.32. The maximum absolute atomic E-state index is 12.1. The zero-order valence-electron chi connectivity index (χ0n) is 11.3. The molecule has 0 bridgehead atoms. The summed E-state index contributed by atoms with van der Waals surface area (Å²) in [5, 5.41) is 16.7. The van der Waals surface area contributed by atoms with Crippen LogP contribution in [0.4, 0.5) is 0 Å². The predicted octanol–water partition coefficient (Wildman–Crippen LogP) is 2.67. The average molecular weight is 225 g/mol. The first kappa shape index (κ1) is 13.7. The van der Waals surface area contributed by atoms with Crippen LogP contribution in [0.25, 0.3) is 0 Å². The number of hydrogen-bond donors (Lipinski definition) is 1. The van der Waals surface area contributed by atoms with Gasteiger partial charge in [-0.3, -0.25) is 0 Å². The van der Waals surface area contributed by atoms with Gasteiger partial charge in [0.15, 0.2) is 0 Å². The zero-order chi connectivity index (χ0) is 12.4. The van der Waals surface area contributed by atoms with Gasteiger partial charge in [-0.25, -0.2) is 0 Å². The highest BCUT2D eigenvalue weighted by Gasteiger charge is 2.38. The molecular formula is C13H25N2O-. The molecule has 1 rings (SSSR count). The molecule has 0 fully saturated rings. The average Bonchev–Trinajstić information content (AvgIpc) is 2.34. The molecule has 0 aromatic rings. The van der Waals surface area contributed by atoms with Crippen LogP contribution < -0.4 is 5.32 Å². The lowest BCUT2D eigenvalue weighted by Gasteiger charge is -2.47. The lowest BCUT2D eigenvalue weighted by atomic mass is 9.96. The van der Waals surface area contributed by atoms with Crippen molar-refractivity contribution < 1.29 is 0 Å². The number of hydrogen-bond acceptors (Lipinski definition) is 3. The van der Waals surface area contributed by atoms with Gasteiger partial charge >= 0.3 is 0 Å². The SMILES string of the molecule is CCCCNCC1=CC(C)(C)N([O-])C1(C)C. The number of hydroxylamine groups is 2. The van der Waals surface area contributed by atoms with E-state index in [0.29, 0.717) is 0 Å². The number of unbranched alkanes of at least 4 members (excludes halogenated alkanes) is 1. The fourth-order valence-corrected chi connectivity index (χ4v) is 2.30. The van der Waals surface area contributed by atoms with Gasteiger partial charge in [0.25, 0.3) is 0 Å². The van der Waals surface area contributed by atoms with Crippen LogP contribution in [0.2, 0.25) is 0 Å². The first-order chi connectivity index (χ1) is 7.32. The van der Waals surface area contributed by atoms with Crippen molar-refractivity contribution in [2.75, 3.05) is 13.1 Å². The molecule has 1 heterocycles. The minimum absolute atomic E-state index is 0.370. The van der Waals surface area contributed by atoms with Crippen molar-refractivity contribution >= 4 is 0 Å². The summed E-state index contributed by atoms with van der Waals surface area (Å²) in [5.41, 5.74) is 0.470. The van der Waals surface area contributed by atoms with Gasteiger partial charge in [0, 0.05) is 17.6 Å². The van der Waals surface area contributed by atoms with Gasteiger partial charge < -0.3 is 15.6 Å².